The molecule has 6 heteroatoms. The largest absolute Gasteiger partial charge is 0.495 e. The molecule has 2 aromatic rings. The Bertz CT molecular complexity index is 643. The van der Waals surface area contributed by atoms with Crippen molar-refractivity contribution in [3.63, 3.8) is 0 Å². The second kappa shape index (κ2) is 7.88. The molecule has 0 bridgehead atoms. The standard InChI is InChI=1S/C18H23N3O3/c1-22-14-24-15-6-7-17(23-2)16(13-15)20-9-11-21(12-10-20)18-5-3-4-8-19-18/h3-8,13H,9-12,14H2,1-2H3. The van der Waals surface area contributed by atoms with Crippen molar-refractivity contribution >= 4 is 11.5 Å². The molecule has 1 aliphatic heterocycles. The monoisotopic (exact) mass is 329 g/mol. The lowest BCUT2D eigenvalue weighted by Gasteiger charge is -2.37. The first kappa shape index (κ1) is 16.4. The lowest BCUT2D eigenvalue weighted by atomic mass is 10.2. The maximum atomic E-state index is 5.55. The molecular formula is C18H23N3O3. The average Bonchev–Trinajstić information content (AvgIpc) is 2.67. The average molecular weight is 329 g/mol. The summed E-state index contributed by atoms with van der Waals surface area (Å²) < 4.78 is 16.0. The van der Waals surface area contributed by atoms with E-state index in [1.54, 1.807) is 14.2 Å². The molecule has 0 amide bonds. The summed E-state index contributed by atoms with van der Waals surface area (Å²) in [5.74, 6) is 2.66. The zero-order valence-corrected chi connectivity index (χ0v) is 14.1. The molecule has 0 atom stereocenters. The third kappa shape index (κ3) is 3.71. The Hall–Kier alpha value is -2.47. The van der Waals surface area contributed by atoms with E-state index in [-0.39, 0.29) is 6.79 Å². The van der Waals surface area contributed by atoms with Crippen molar-refractivity contribution in [1.29, 1.82) is 0 Å². The second-order valence-corrected chi connectivity index (χ2v) is 5.55. The van der Waals surface area contributed by atoms with Gasteiger partial charge < -0.3 is 24.0 Å². The van der Waals surface area contributed by atoms with Crippen LogP contribution in [-0.2, 0) is 4.74 Å². The SMILES string of the molecule is COCOc1ccc(OC)c(N2CCN(c3ccccn3)CC2)c1. The van der Waals surface area contributed by atoms with Crippen LogP contribution in [0.1, 0.15) is 0 Å². The molecule has 0 unspecified atom stereocenters. The Morgan fingerprint density at radius 3 is 2.46 bits per heavy atom. The van der Waals surface area contributed by atoms with Gasteiger partial charge in [0, 0.05) is 45.6 Å². The quantitative estimate of drug-likeness (QED) is 0.759. The molecule has 1 aromatic carbocycles. The van der Waals surface area contributed by atoms with Gasteiger partial charge in [-0.3, -0.25) is 0 Å². The first-order valence-corrected chi connectivity index (χ1v) is 8.02. The van der Waals surface area contributed by atoms with E-state index in [1.807, 2.05) is 36.5 Å². The fourth-order valence-corrected chi connectivity index (χ4v) is 2.85. The van der Waals surface area contributed by atoms with Gasteiger partial charge in [0.1, 0.15) is 17.3 Å². The predicted octanol–water partition coefficient (Wildman–Crippen LogP) is 2.40. The summed E-state index contributed by atoms with van der Waals surface area (Å²) in [5, 5.41) is 0. The van der Waals surface area contributed by atoms with Crippen molar-refractivity contribution < 1.29 is 14.2 Å². The van der Waals surface area contributed by atoms with E-state index in [1.165, 1.54) is 0 Å². The maximum Gasteiger partial charge on any atom is 0.188 e. The normalized spacial score (nSPS) is 14.6. The number of pyridine rings is 1. The number of rotatable bonds is 6. The van der Waals surface area contributed by atoms with E-state index >= 15 is 0 Å². The van der Waals surface area contributed by atoms with Gasteiger partial charge in [-0.05, 0) is 24.3 Å². The Morgan fingerprint density at radius 1 is 1.00 bits per heavy atom. The number of nitrogens with zero attached hydrogens (tertiary/aromatic N) is 3. The molecular weight excluding hydrogens is 306 g/mol. The van der Waals surface area contributed by atoms with Crippen molar-refractivity contribution in [2.75, 3.05) is 57.0 Å². The van der Waals surface area contributed by atoms with Crippen LogP contribution in [0.15, 0.2) is 42.6 Å². The van der Waals surface area contributed by atoms with Crippen LogP contribution in [0.25, 0.3) is 0 Å². The van der Waals surface area contributed by atoms with E-state index in [2.05, 4.69) is 20.9 Å². The molecule has 1 aromatic heterocycles. The Labute approximate surface area is 142 Å². The highest BCUT2D eigenvalue weighted by atomic mass is 16.7. The van der Waals surface area contributed by atoms with Crippen molar-refractivity contribution in [1.82, 2.24) is 4.98 Å². The van der Waals surface area contributed by atoms with E-state index in [9.17, 15) is 0 Å². The molecule has 24 heavy (non-hydrogen) atoms. The Kier molecular flexibility index (Phi) is 5.38. The van der Waals surface area contributed by atoms with Gasteiger partial charge >= 0.3 is 0 Å². The molecule has 3 rings (SSSR count). The molecule has 0 saturated carbocycles. The van der Waals surface area contributed by atoms with Crippen molar-refractivity contribution in [2.24, 2.45) is 0 Å². The number of anilines is 2. The number of methoxy groups -OCH3 is 2. The van der Waals surface area contributed by atoms with Crippen LogP contribution in [0.2, 0.25) is 0 Å². The van der Waals surface area contributed by atoms with E-state index in [4.69, 9.17) is 14.2 Å². The Morgan fingerprint density at radius 2 is 1.79 bits per heavy atom. The summed E-state index contributed by atoms with van der Waals surface area (Å²) in [5.41, 5.74) is 1.05. The first-order chi connectivity index (χ1) is 11.8. The zero-order valence-electron chi connectivity index (χ0n) is 14.1. The summed E-state index contributed by atoms with van der Waals surface area (Å²) in [7, 11) is 3.31. The molecule has 0 N–H and O–H groups in total. The van der Waals surface area contributed by atoms with Gasteiger partial charge in [0.2, 0.25) is 0 Å². The lowest BCUT2D eigenvalue weighted by molar-refractivity contribution is 0.0511. The molecule has 0 spiro atoms. The van der Waals surface area contributed by atoms with Crippen LogP contribution in [0, 0.1) is 0 Å². The van der Waals surface area contributed by atoms with Gasteiger partial charge in [-0.15, -0.1) is 0 Å². The highest BCUT2D eigenvalue weighted by Crippen LogP contribution is 2.33. The van der Waals surface area contributed by atoms with Crippen LogP contribution >= 0.6 is 0 Å². The van der Waals surface area contributed by atoms with Crippen molar-refractivity contribution in [3.05, 3.63) is 42.6 Å². The smallest absolute Gasteiger partial charge is 0.188 e. The third-order valence-electron chi connectivity index (χ3n) is 4.09. The predicted molar refractivity (Wildman–Crippen MR) is 94.2 cm³/mol. The molecule has 0 radical (unpaired) electrons. The van der Waals surface area contributed by atoms with E-state index < -0.39 is 0 Å². The second-order valence-electron chi connectivity index (χ2n) is 5.55. The molecule has 128 valence electrons. The summed E-state index contributed by atoms with van der Waals surface area (Å²) in [6.07, 6.45) is 1.83. The highest BCUT2D eigenvalue weighted by molar-refractivity contribution is 5.62. The summed E-state index contributed by atoms with van der Waals surface area (Å²) >= 11 is 0. The summed E-state index contributed by atoms with van der Waals surface area (Å²) in [6.45, 7) is 3.88. The highest BCUT2D eigenvalue weighted by Gasteiger charge is 2.21. The van der Waals surface area contributed by atoms with Gasteiger partial charge in [-0.1, -0.05) is 6.07 Å². The maximum absolute atomic E-state index is 5.55. The van der Waals surface area contributed by atoms with Gasteiger partial charge in [0.05, 0.1) is 12.8 Å². The van der Waals surface area contributed by atoms with Crippen LogP contribution < -0.4 is 19.3 Å². The van der Waals surface area contributed by atoms with Gasteiger partial charge in [-0.2, -0.15) is 0 Å². The molecule has 0 aliphatic carbocycles. The van der Waals surface area contributed by atoms with Crippen molar-refractivity contribution in [2.45, 2.75) is 0 Å². The van der Waals surface area contributed by atoms with Crippen LogP contribution in [0.4, 0.5) is 11.5 Å². The summed E-state index contributed by atoms with van der Waals surface area (Å²) in [6, 6.07) is 11.9. The zero-order chi connectivity index (χ0) is 16.8. The number of benzene rings is 1. The van der Waals surface area contributed by atoms with Gasteiger partial charge in [0.15, 0.2) is 6.79 Å². The lowest BCUT2D eigenvalue weighted by Crippen LogP contribution is -2.46. The topological polar surface area (TPSA) is 47.1 Å². The number of aromatic nitrogens is 1. The number of hydrogen-bond acceptors (Lipinski definition) is 6. The Balaban J connectivity index is 1.71. The molecule has 1 aliphatic rings. The van der Waals surface area contributed by atoms with Crippen LogP contribution in [0.5, 0.6) is 11.5 Å². The first-order valence-electron chi connectivity index (χ1n) is 8.02. The van der Waals surface area contributed by atoms with Gasteiger partial charge in [-0.25, -0.2) is 4.98 Å². The van der Waals surface area contributed by atoms with Crippen molar-refractivity contribution in [3.8, 4) is 11.5 Å². The number of hydrogen-bond donors (Lipinski definition) is 0. The third-order valence-corrected chi connectivity index (χ3v) is 4.09. The molecule has 1 saturated heterocycles. The van der Waals surface area contributed by atoms with E-state index in [0.717, 1.165) is 49.2 Å². The molecule has 1 fully saturated rings. The minimum absolute atomic E-state index is 0.235. The fraction of sp³-hybridized carbons (Fsp3) is 0.389. The van der Waals surface area contributed by atoms with Gasteiger partial charge in [0.25, 0.3) is 0 Å². The fourth-order valence-electron chi connectivity index (χ4n) is 2.85. The molecule has 2 heterocycles. The molecule has 6 nitrogen and oxygen atoms in total. The minimum atomic E-state index is 0.235. The number of ether oxygens (including phenoxy) is 3. The minimum Gasteiger partial charge on any atom is -0.495 e. The van der Waals surface area contributed by atoms with E-state index in [0.29, 0.717) is 0 Å². The number of piperazine rings is 1. The van der Waals surface area contributed by atoms with Crippen LogP contribution in [0.3, 0.4) is 0 Å². The summed E-state index contributed by atoms with van der Waals surface area (Å²) in [4.78, 5) is 9.05. The van der Waals surface area contributed by atoms with Crippen LogP contribution in [-0.4, -0.2) is 52.2 Å².